The molecule has 0 atom stereocenters. The fourth-order valence-corrected chi connectivity index (χ4v) is 2.17. The van der Waals surface area contributed by atoms with E-state index in [1.807, 2.05) is 44.2 Å². The minimum absolute atomic E-state index is 0. The van der Waals surface area contributed by atoms with E-state index in [2.05, 4.69) is 15.6 Å². The number of benzene rings is 1. The van der Waals surface area contributed by atoms with Crippen molar-refractivity contribution in [3.8, 4) is 0 Å². The Hall–Kier alpha value is -1.21. The highest BCUT2D eigenvalue weighted by atomic mass is 127. The Morgan fingerprint density at radius 3 is 2.32 bits per heavy atom. The number of rotatable bonds is 4. The summed E-state index contributed by atoms with van der Waals surface area (Å²) in [6.45, 7) is 5.29. The highest BCUT2D eigenvalue weighted by molar-refractivity contribution is 14.0. The zero-order chi connectivity index (χ0) is 15.2. The molecule has 0 saturated carbocycles. The van der Waals surface area contributed by atoms with Crippen LogP contribution in [-0.2, 0) is 13.1 Å². The first-order chi connectivity index (χ1) is 10.1. The molecule has 1 aromatic carbocycles. The Morgan fingerprint density at radius 1 is 1.14 bits per heavy atom. The van der Waals surface area contributed by atoms with Gasteiger partial charge in [-0.2, -0.15) is 0 Å². The Labute approximate surface area is 153 Å². The summed E-state index contributed by atoms with van der Waals surface area (Å²) in [5.74, 6) is 2.62. The van der Waals surface area contributed by atoms with Crippen molar-refractivity contribution in [1.29, 1.82) is 0 Å². The molecular formula is C16H21ClIN3O. The minimum atomic E-state index is 0. The molecule has 6 heteroatoms. The van der Waals surface area contributed by atoms with Gasteiger partial charge < -0.3 is 15.1 Å². The molecule has 0 spiro atoms. The van der Waals surface area contributed by atoms with E-state index in [-0.39, 0.29) is 24.0 Å². The first kappa shape index (κ1) is 18.8. The number of halogens is 2. The van der Waals surface area contributed by atoms with Gasteiger partial charge in [0.05, 0.1) is 0 Å². The van der Waals surface area contributed by atoms with Gasteiger partial charge in [-0.1, -0.05) is 23.7 Å². The smallest absolute Gasteiger partial charge is 0.191 e. The van der Waals surface area contributed by atoms with Crippen LogP contribution in [0.1, 0.15) is 22.6 Å². The van der Waals surface area contributed by atoms with Gasteiger partial charge in [-0.05, 0) is 37.6 Å². The van der Waals surface area contributed by atoms with Crippen LogP contribution in [0.15, 0.2) is 39.7 Å². The molecule has 1 heterocycles. The van der Waals surface area contributed by atoms with Gasteiger partial charge in [0, 0.05) is 30.7 Å². The molecule has 0 aliphatic heterocycles. The van der Waals surface area contributed by atoms with Gasteiger partial charge in [0.1, 0.15) is 11.5 Å². The molecule has 120 valence electrons. The molecule has 1 aromatic heterocycles. The second-order valence-electron chi connectivity index (χ2n) is 4.84. The number of aryl methyl sites for hydroxylation is 2. The first-order valence-corrected chi connectivity index (χ1v) is 7.21. The average Bonchev–Trinajstić information content (AvgIpc) is 2.79. The van der Waals surface area contributed by atoms with Crippen molar-refractivity contribution in [3.05, 3.63) is 58.0 Å². The van der Waals surface area contributed by atoms with E-state index in [0.29, 0.717) is 13.1 Å². The van der Waals surface area contributed by atoms with Crippen LogP contribution in [0, 0.1) is 13.8 Å². The van der Waals surface area contributed by atoms with E-state index in [4.69, 9.17) is 16.0 Å². The van der Waals surface area contributed by atoms with E-state index in [0.717, 1.165) is 33.6 Å². The van der Waals surface area contributed by atoms with E-state index < -0.39 is 0 Å². The van der Waals surface area contributed by atoms with Crippen molar-refractivity contribution in [3.63, 3.8) is 0 Å². The van der Waals surface area contributed by atoms with Gasteiger partial charge in [-0.3, -0.25) is 4.99 Å². The molecule has 2 aromatic rings. The summed E-state index contributed by atoms with van der Waals surface area (Å²) in [4.78, 5) is 4.21. The summed E-state index contributed by atoms with van der Waals surface area (Å²) in [7, 11) is 1.75. The van der Waals surface area contributed by atoms with Gasteiger partial charge in [0.25, 0.3) is 0 Å². The van der Waals surface area contributed by atoms with E-state index in [1.165, 1.54) is 0 Å². The Kier molecular flexibility index (Phi) is 7.75. The lowest BCUT2D eigenvalue weighted by Crippen LogP contribution is -2.36. The Balaban J connectivity index is 0.00000242. The van der Waals surface area contributed by atoms with Crippen molar-refractivity contribution >= 4 is 41.5 Å². The lowest BCUT2D eigenvalue weighted by Gasteiger charge is -2.11. The zero-order valence-electron chi connectivity index (χ0n) is 12.9. The summed E-state index contributed by atoms with van der Waals surface area (Å²) in [6.07, 6.45) is 0. The third-order valence-corrected chi connectivity index (χ3v) is 3.44. The Morgan fingerprint density at radius 2 is 1.77 bits per heavy atom. The van der Waals surface area contributed by atoms with Crippen molar-refractivity contribution < 1.29 is 4.42 Å². The number of furan rings is 1. The van der Waals surface area contributed by atoms with Crippen molar-refractivity contribution in [2.45, 2.75) is 26.9 Å². The number of nitrogens with zero attached hydrogens (tertiary/aromatic N) is 1. The van der Waals surface area contributed by atoms with E-state index in [9.17, 15) is 0 Å². The molecule has 0 saturated heterocycles. The third kappa shape index (κ3) is 5.53. The molecule has 4 nitrogen and oxygen atoms in total. The SMILES string of the molecule is CN=C(NCc1ccc(Cl)cc1)NCc1cc(C)oc1C.I. The van der Waals surface area contributed by atoms with Crippen molar-refractivity contribution in [1.82, 2.24) is 10.6 Å². The molecule has 2 rings (SSSR count). The van der Waals surface area contributed by atoms with Crippen LogP contribution < -0.4 is 10.6 Å². The van der Waals surface area contributed by atoms with Crippen LogP contribution in [0.4, 0.5) is 0 Å². The molecule has 0 radical (unpaired) electrons. The number of hydrogen-bond donors (Lipinski definition) is 2. The molecule has 0 unspecified atom stereocenters. The van der Waals surface area contributed by atoms with Crippen LogP contribution in [0.3, 0.4) is 0 Å². The van der Waals surface area contributed by atoms with Crippen LogP contribution in [0.25, 0.3) is 0 Å². The number of nitrogens with one attached hydrogen (secondary N) is 2. The summed E-state index contributed by atoms with van der Waals surface area (Å²) >= 11 is 5.87. The highest BCUT2D eigenvalue weighted by Gasteiger charge is 2.05. The van der Waals surface area contributed by atoms with Crippen molar-refractivity contribution in [2.75, 3.05) is 7.05 Å². The van der Waals surface area contributed by atoms with Crippen LogP contribution in [0.2, 0.25) is 5.02 Å². The second kappa shape index (κ2) is 9.05. The fraction of sp³-hybridized carbons (Fsp3) is 0.312. The number of hydrogen-bond acceptors (Lipinski definition) is 2. The quantitative estimate of drug-likeness (QED) is 0.435. The lowest BCUT2D eigenvalue weighted by molar-refractivity contribution is 0.500. The summed E-state index contributed by atoms with van der Waals surface area (Å²) < 4.78 is 5.51. The number of aliphatic imine (C=N–C) groups is 1. The maximum Gasteiger partial charge on any atom is 0.191 e. The van der Waals surface area contributed by atoms with Crippen LogP contribution in [-0.4, -0.2) is 13.0 Å². The van der Waals surface area contributed by atoms with Gasteiger partial charge in [-0.25, -0.2) is 0 Å². The summed E-state index contributed by atoms with van der Waals surface area (Å²) in [5.41, 5.74) is 2.29. The second-order valence-corrected chi connectivity index (χ2v) is 5.28. The molecule has 0 aliphatic carbocycles. The maximum absolute atomic E-state index is 5.87. The number of guanidine groups is 1. The molecule has 22 heavy (non-hydrogen) atoms. The highest BCUT2D eigenvalue weighted by Crippen LogP contribution is 2.13. The van der Waals surface area contributed by atoms with Gasteiger partial charge in [0.15, 0.2) is 5.96 Å². The standard InChI is InChI=1S/C16H20ClN3O.HI/c1-11-8-14(12(2)21-11)10-20-16(18-3)19-9-13-4-6-15(17)7-5-13;/h4-8H,9-10H2,1-3H3,(H2,18,19,20);1H. The third-order valence-electron chi connectivity index (χ3n) is 3.19. The van der Waals surface area contributed by atoms with Gasteiger partial charge in [0.2, 0.25) is 0 Å². The minimum Gasteiger partial charge on any atom is -0.466 e. The van der Waals surface area contributed by atoms with Gasteiger partial charge in [-0.15, -0.1) is 24.0 Å². The first-order valence-electron chi connectivity index (χ1n) is 6.83. The van der Waals surface area contributed by atoms with Gasteiger partial charge >= 0.3 is 0 Å². The Bertz CT molecular complexity index is 623. The van der Waals surface area contributed by atoms with Crippen LogP contribution in [0.5, 0.6) is 0 Å². The zero-order valence-corrected chi connectivity index (χ0v) is 16.0. The molecule has 0 aliphatic rings. The molecule has 2 N–H and O–H groups in total. The molecule has 0 amide bonds. The maximum atomic E-state index is 5.87. The predicted molar refractivity (Wildman–Crippen MR) is 102 cm³/mol. The van der Waals surface area contributed by atoms with E-state index in [1.54, 1.807) is 7.05 Å². The fourth-order valence-electron chi connectivity index (χ4n) is 2.05. The average molecular weight is 434 g/mol. The molecule has 0 fully saturated rings. The molecule has 0 bridgehead atoms. The van der Waals surface area contributed by atoms with Crippen LogP contribution >= 0.6 is 35.6 Å². The van der Waals surface area contributed by atoms with E-state index >= 15 is 0 Å². The lowest BCUT2D eigenvalue weighted by atomic mass is 10.2. The summed E-state index contributed by atoms with van der Waals surface area (Å²) in [6, 6.07) is 9.78. The monoisotopic (exact) mass is 433 g/mol. The normalized spacial score (nSPS) is 11.0. The summed E-state index contributed by atoms with van der Waals surface area (Å²) in [5, 5.41) is 7.28. The van der Waals surface area contributed by atoms with Crippen molar-refractivity contribution in [2.24, 2.45) is 4.99 Å². The molecular weight excluding hydrogens is 413 g/mol. The topological polar surface area (TPSA) is 49.6 Å². The largest absolute Gasteiger partial charge is 0.466 e. The predicted octanol–water partition coefficient (Wildman–Crippen LogP) is 4.03.